The van der Waals surface area contributed by atoms with Gasteiger partial charge in [0.2, 0.25) is 0 Å². The van der Waals surface area contributed by atoms with Gasteiger partial charge in [0.05, 0.1) is 12.6 Å². The Bertz CT molecular complexity index is 648. The third-order valence-electron chi connectivity index (χ3n) is 3.31. The first-order chi connectivity index (χ1) is 11.9. The van der Waals surface area contributed by atoms with E-state index >= 15 is 0 Å². The number of halogens is 3. The molecule has 0 aliphatic carbocycles. The Kier molecular flexibility index (Phi) is 6.82. The molecule has 0 bridgehead atoms. The van der Waals surface area contributed by atoms with Crippen LogP contribution in [0.3, 0.4) is 0 Å². The van der Waals surface area contributed by atoms with Crippen molar-refractivity contribution in [2.75, 3.05) is 6.61 Å². The average molecular weight is 353 g/mol. The summed E-state index contributed by atoms with van der Waals surface area (Å²) in [6.07, 6.45) is -5.36. The Morgan fingerprint density at radius 2 is 1.52 bits per heavy atom. The molecule has 25 heavy (non-hydrogen) atoms. The lowest BCUT2D eigenvalue weighted by Crippen LogP contribution is -2.41. The Morgan fingerprint density at radius 1 is 0.960 bits per heavy atom. The van der Waals surface area contributed by atoms with Crippen LogP contribution in [0.2, 0.25) is 0 Å². The van der Waals surface area contributed by atoms with Gasteiger partial charge in [0.1, 0.15) is 6.61 Å². The van der Waals surface area contributed by atoms with E-state index in [1.165, 1.54) is 0 Å². The smallest absolute Gasteiger partial charge is 0.445 e. The van der Waals surface area contributed by atoms with Crippen LogP contribution >= 0.6 is 0 Å². The molecule has 0 aliphatic heterocycles. The second kappa shape index (κ2) is 9.08. The lowest BCUT2D eigenvalue weighted by Gasteiger charge is -2.19. The number of amides is 1. The van der Waals surface area contributed by atoms with Gasteiger partial charge in [0.15, 0.2) is 0 Å². The number of carbonyl (C=O) groups is 1. The largest absolute Gasteiger partial charge is 0.522 e. The van der Waals surface area contributed by atoms with Crippen LogP contribution in [0.1, 0.15) is 11.1 Å². The zero-order valence-corrected chi connectivity index (χ0v) is 13.3. The van der Waals surface area contributed by atoms with Gasteiger partial charge in [0, 0.05) is 0 Å². The predicted octanol–water partition coefficient (Wildman–Crippen LogP) is 4.06. The van der Waals surface area contributed by atoms with Gasteiger partial charge in [-0.05, 0) is 17.5 Å². The normalized spacial score (nSPS) is 12.4. The SMILES string of the molecule is O=C(NC(COC(F)(F)F)Cc1ccccc1)OCc1ccccc1. The monoisotopic (exact) mass is 353 g/mol. The van der Waals surface area contributed by atoms with E-state index in [1.54, 1.807) is 54.6 Å². The molecule has 7 heteroatoms. The third-order valence-corrected chi connectivity index (χ3v) is 3.31. The molecule has 0 aliphatic rings. The first-order valence-electron chi connectivity index (χ1n) is 7.64. The molecular formula is C18H18F3NO3. The van der Waals surface area contributed by atoms with Gasteiger partial charge in [0.25, 0.3) is 0 Å². The Hall–Kier alpha value is -2.54. The van der Waals surface area contributed by atoms with E-state index in [0.29, 0.717) is 0 Å². The Morgan fingerprint density at radius 3 is 2.08 bits per heavy atom. The van der Waals surface area contributed by atoms with Gasteiger partial charge in [-0.15, -0.1) is 13.2 Å². The van der Waals surface area contributed by atoms with Crippen LogP contribution in [-0.4, -0.2) is 25.1 Å². The molecule has 0 radical (unpaired) electrons. The number of benzene rings is 2. The minimum absolute atomic E-state index is 0.0326. The molecule has 0 spiro atoms. The minimum Gasteiger partial charge on any atom is -0.445 e. The molecule has 2 aromatic rings. The van der Waals surface area contributed by atoms with Crippen molar-refractivity contribution in [1.82, 2.24) is 5.32 Å². The van der Waals surface area contributed by atoms with E-state index in [2.05, 4.69) is 10.1 Å². The summed E-state index contributed by atoms with van der Waals surface area (Å²) < 4.78 is 45.8. The zero-order valence-electron chi connectivity index (χ0n) is 13.3. The highest BCUT2D eigenvalue weighted by atomic mass is 19.4. The van der Waals surface area contributed by atoms with E-state index in [1.807, 2.05) is 6.07 Å². The maximum absolute atomic E-state index is 12.3. The number of nitrogens with one attached hydrogen (secondary N) is 1. The molecule has 1 atom stereocenters. The van der Waals surface area contributed by atoms with Crippen molar-refractivity contribution in [3.8, 4) is 0 Å². The summed E-state index contributed by atoms with van der Waals surface area (Å²) in [6, 6.07) is 17.0. The number of hydrogen-bond donors (Lipinski definition) is 1. The van der Waals surface area contributed by atoms with Crippen molar-refractivity contribution < 1.29 is 27.4 Å². The molecule has 2 aromatic carbocycles. The molecule has 134 valence electrons. The number of alkyl halides is 3. The highest BCUT2D eigenvalue weighted by molar-refractivity contribution is 5.67. The number of ether oxygens (including phenoxy) is 2. The molecule has 0 saturated carbocycles. The molecule has 0 fully saturated rings. The maximum atomic E-state index is 12.3. The van der Waals surface area contributed by atoms with Crippen LogP contribution in [0.4, 0.5) is 18.0 Å². The van der Waals surface area contributed by atoms with Gasteiger partial charge in [-0.1, -0.05) is 60.7 Å². The topological polar surface area (TPSA) is 47.6 Å². The molecule has 2 rings (SSSR count). The van der Waals surface area contributed by atoms with Gasteiger partial charge in [-0.25, -0.2) is 4.79 Å². The van der Waals surface area contributed by atoms with Gasteiger partial charge in [-0.2, -0.15) is 0 Å². The summed E-state index contributed by atoms with van der Waals surface area (Å²) in [5, 5.41) is 2.42. The van der Waals surface area contributed by atoms with Crippen molar-refractivity contribution in [1.29, 1.82) is 0 Å². The van der Waals surface area contributed by atoms with Crippen LogP contribution in [0, 0.1) is 0 Å². The molecular weight excluding hydrogens is 335 g/mol. The fourth-order valence-electron chi connectivity index (χ4n) is 2.18. The van der Waals surface area contributed by atoms with Gasteiger partial charge >= 0.3 is 12.5 Å². The number of hydrogen-bond acceptors (Lipinski definition) is 3. The Balaban J connectivity index is 1.90. The Labute approximate surface area is 143 Å². The number of carbonyl (C=O) groups excluding carboxylic acids is 1. The average Bonchev–Trinajstić information content (AvgIpc) is 2.59. The fraction of sp³-hybridized carbons (Fsp3) is 0.278. The van der Waals surface area contributed by atoms with E-state index in [0.717, 1.165) is 11.1 Å². The highest BCUT2D eigenvalue weighted by Crippen LogP contribution is 2.17. The molecule has 0 aromatic heterocycles. The van der Waals surface area contributed by atoms with Gasteiger partial charge in [-0.3, -0.25) is 4.74 Å². The van der Waals surface area contributed by atoms with E-state index in [-0.39, 0.29) is 13.0 Å². The van der Waals surface area contributed by atoms with E-state index < -0.39 is 25.1 Å². The maximum Gasteiger partial charge on any atom is 0.522 e. The van der Waals surface area contributed by atoms with Crippen molar-refractivity contribution >= 4 is 6.09 Å². The standard InChI is InChI=1S/C18H18F3NO3/c19-18(20,21)25-13-16(11-14-7-3-1-4-8-14)22-17(23)24-12-15-9-5-2-6-10-15/h1-10,16H,11-13H2,(H,22,23). The predicted molar refractivity (Wildman–Crippen MR) is 85.7 cm³/mol. The van der Waals surface area contributed by atoms with Crippen LogP contribution in [-0.2, 0) is 22.5 Å². The molecule has 1 amide bonds. The van der Waals surface area contributed by atoms with E-state index in [4.69, 9.17) is 4.74 Å². The molecule has 0 heterocycles. The van der Waals surface area contributed by atoms with Crippen LogP contribution in [0.25, 0.3) is 0 Å². The summed E-state index contributed by atoms with van der Waals surface area (Å²) in [7, 11) is 0. The summed E-state index contributed by atoms with van der Waals surface area (Å²) in [6.45, 7) is -0.663. The van der Waals surface area contributed by atoms with Crippen molar-refractivity contribution in [3.63, 3.8) is 0 Å². The first kappa shape index (κ1) is 18.8. The summed E-state index contributed by atoms with van der Waals surface area (Å²) in [5.74, 6) is 0. The van der Waals surface area contributed by atoms with Crippen molar-refractivity contribution in [2.24, 2.45) is 0 Å². The molecule has 0 saturated heterocycles. The zero-order chi connectivity index (χ0) is 18.1. The fourth-order valence-corrected chi connectivity index (χ4v) is 2.18. The van der Waals surface area contributed by atoms with E-state index in [9.17, 15) is 18.0 Å². The van der Waals surface area contributed by atoms with Crippen LogP contribution in [0.15, 0.2) is 60.7 Å². The molecule has 1 unspecified atom stereocenters. The van der Waals surface area contributed by atoms with Crippen molar-refractivity contribution in [2.45, 2.75) is 25.4 Å². The highest BCUT2D eigenvalue weighted by Gasteiger charge is 2.31. The molecule has 4 nitrogen and oxygen atoms in total. The number of rotatable bonds is 7. The molecule has 1 N–H and O–H groups in total. The summed E-state index contributed by atoms with van der Waals surface area (Å²) in [5.41, 5.74) is 1.56. The second-order valence-corrected chi connectivity index (χ2v) is 5.35. The number of alkyl carbamates (subject to hydrolysis) is 1. The second-order valence-electron chi connectivity index (χ2n) is 5.35. The lowest BCUT2D eigenvalue weighted by molar-refractivity contribution is -0.326. The first-order valence-corrected chi connectivity index (χ1v) is 7.64. The van der Waals surface area contributed by atoms with Crippen LogP contribution < -0.4 is 5.32 Å². The third kappa shape index (κ3) is 7.71. The van der Waals surface area contributed by atoms with Crippen LogP contribution in [0.5, 0.6) is 0 Å². The summed E-state index contributed by atoms with van der Waals surface area (Å²) in [4.78, 5) is 11.9. The summed E-state index contributed by atoms with van der Waals surface area (Å²) >= 11 is 0. The quantitative estimate of drug-likeness (QED) is 0.817. The lowest BCUT2D eigenvalue weighted by atomic mass is 10.1. The van der Waals surface area contributed by atoms with Crippen molar-refractivity contribution in [3.05, 3.63) is 71.8 Å². The van der Waals surface area contributed by atoms with Gasteiger partial charge < -0.3 is 10.1 Å². The minimum atomic E-state index is -4.76.